The molecule has 2 nitrogen and oxygen atoms in total. The highest BCUT2D eigenvalue weighted by atomic mass is 32.2. The summed E-state index contributed by atoms with van der Waals surface area (Å²) in [4.78, 5) is 2.72. The lowest BCUT2D eigenvalue weighted by molar-refractivity contribution is 0.207. The van der Waals surface area contributed by atoms with E-state index in [0.29, 0.717) is 0 Å². The highest BCUT2D eigenvalue weighted by Gasteiger charge is 2.25. The molecule has 0 aromatic heterocycles. The molecule has 1 aliphatic carbocycles. The molecule has 1 aliphatic heterocycles. The fourth-order valence-electron chi connectivity index (χ4n) is 3.32. The van der Waals surface area contributed by atoms with Crippen LogP contribution in [0.1, 0.15) is 45.4 Å². The smallest absolute Gasteiger partial charge is 0.0107 e. The van der Waals surface area contributed by atoms with Crippen molar-refractivity contribution in [1.82, 2.24) is 10.2 Å². The molecule has 1 N–H and O–H groups in total. The zero-order valence-corrected chi connectivity index (χ0v) is 12.8. The molecule has 18 heavy (non-hydrogen) atoms. The summed E-state index contributed by atoms with van der Waals surface area (Å²) in [5.41, 5.74) is 0. The van der Waals surface area contributed by atoms with Crippen LogP contribution in [0.5, 0.6) is 0 Å². The minimum Gasteiger partial charge on any atom is -0.314 e. The molecule has 2 atom stereocenters. The van der Waals surface area contributed by atoms with Crippen LogP contribution in [0.15, 0.2) is 0 Å². The van der Waals surface area contributed by atoms with Crippen LogP contribution in [0.4, 0.5) is 0 Å². The van der Waals surface area contributed by atoms with E-state index in [1.54, 1.807) is 0 Å². The molecule has 2 aliphatic rings. The van der Waals surface area contributed by atoms with E-state index >= 15 is 0 Å². The largest absolute Gasteiger partial charge is 0.314 e. The van der Waals surface area contributed by atoms with Crippen molar-refractivity contribution >= 4 is 11.8 Å². The van der Waals surface area contributed by atoms with Crippen LogP contribution < -0.4 is 5.32 Å². The summed E-state index contributed by atoms with van der Waals surface area (Å²) in [5, 5.41) is 3.82. The molecule has 2 rings (SSSR count). The van der Waals surface area contributed by atoms with Gasteiger partial charge in [0.25, 0.3) is 0 Å². The number of nitrogens with one attached hydrogen (secondary N) is 1. The molecule has 0 bridgehead atoms. The summed E-state index contributed by atoms with van der Waals surface area (Å²) >= 11 is 2.12. The molecule has 3 heteroatoms. The highest BCUT2D eigenvalue weighted by Crippen LogP contribution is 2.25. The predicted octanol–water partition coefficient (Wildman–Crippen LogP) is 2.98. The fraction of sp³-hybridized carbons (Fsp3) is 1.00. The van der Waals surface area contributed by atoms with Crippen molar-refractivity contribution < 1.29 is 0 Å². The van der Waals surface area contributed by atoms with Gasteiger partial charge in [-0.25, -0.2) is 0 Å². The van der Waals surface area contributed by atoms with E-state index < -0.39 is 0 Å². The Bertz CT molecular complexity index is 217. The number of hydrogen-bond donors (Lipinski definition) is 1. The van der Waals surface area contributed by atoms with Gasteiger partial charge in [0.2, 0.25) is 0 Å². The molecule has 2 fully saturated rings. The average Bonchev–Trinajstić information content (AvgIpc) is 2.63. The first-order chi connectivity index (χ1) is 8.90. The minimum absolute atomic E-state index is 0.794. The molecule has 0 spiro atoms. The molecular weight excluding hydrogens is 240 g/mol. The molecule has 0 aromatic rings. The Labute approximate surface area is 117 Å². The second-order valence-electron chi connectivity index (χ2n) is 5.87. The second-order valence-corrected chi connectivity index (χ2v) is 7.10. The average molecular weight is 270 g/mol. The van der Waals surface area contributed by atoms with E-state index in [1.807, 2.05) is 0 Å². The van der Waals surface area contributed by atoms with Crippen molar-refractivity contribution in [3.8, 4) is 0 Å². The van der Waals surface area contributed by atoms with Crippen LogP contribution in [0.2, 0.25) is 0 Å². The monoisotopic (exact) mass is 270 g/mol. The zero-order valence-electron chi connectivity index (χ0n) is 12.0. The fourth-order valence-corrected chi connectivity index (χ4v) is 4.30. The first-order valence-electron chi connectivity index (χ1n) is 7.93. The van der Waals surface area contributed by atoms with Crippen LogP contribution in [0.25, 0.3) is 0 Å². The lowest BCUT2D eigenvalue weighted by atomic mass is 9.94. The van der Waals surface area contributed by atoms with E-state index in [0.717, 1.165) is 12.0 Å². The molecular formula is C15H30N2S. The number of nitrogens with zero attached hydrogens (tertiary/aromatic N) is 1. The number of rotatable bonds is 5. The maximum absolute atomic E-state index is 3.82. The summed E-state index contributed by atoms with van der Waals surface area (Å²) < 4.78 is 0. The van der Waals surface area contributed by atoms with Gasteiger partial charge in [0.1, 0.15) is 0 Å². The van der Waals surface area contributed by atoms with Gasteiger partial charge in [-0.15, -0.1) is 0 Å². The quantitative estimate of drug-likeness (QED) is 0.773. The maximum atomic E-state index is 3.82. The maximum Gasteiger partial charge on any atom is 0.0107 e. The predicted molar refractivity (Wildman–Crippen MR) is 82.4 cm³/mol. The van der Waals surface area contributed by atoms with Crippen molar-refractivity contribution in [2.24, 2.45) is 5.92 Å². The SMILES string of the molecule is CCCNC1CCCCCC1CN1CCSCC1. The van der Waals surface area contributed by atoms with Gasteiger partial charge in [0.05, 0.1) is 0 Å². The third kappa shape index (κ3) is 4.75. The molecule has 1 saturated carbocycles. The normalized spacial score (nSPS) is 31.2. The van der Waals surface area contributed by atoms with Crippen molar-refractivity contribution in [1.29, 1.82) is 0 Å². The van der Waals surface area contributed by atoms with Crippen LogP contribution >= 0.6 is 11.8 Å². The Hall–Kier alpha value is 0.270. The van der Waals surface area contributed by atoms with Crippen LogP contribution in [0.3, 0.4) is 0 Å². The van der Waals surface area contributed by atoms with Gasteiger partial charge in [0.15, 0.2) is 0 Å². The molecule has 2 unspecified atom stereocenters. The third-order valence-electron chi connectivity index (χ3n) is 4.41. The highest BCUT2D eigenvalue weighted by molar-refractivity contribution is 7.99. The first-order valence-corrected chi connectivity index (χ1v) is 9.09. The second kappa shape index (κ2) is 8.44. The van der Waals surface area contributed by atoms with E-state index in [9.17, 15) is 0 Å². The Kier molecular flexibility index (Phi) is 6.88. The van der Waals surface area contributed by atoms with Crippen LogP contribution in [-0.4, -0.2) is 48.6 Å². The summed E-state index contributed by atoms with van der Waals surface area (Å²) in [5.74, 6) is 3.60. The lowest BCUT2D eigenvalue weighted by Crippen LogP contribution is -2.44. The van der Waals surface area contributed by atoms with Crippen molar-refractivity contribution in [2.75, 3.05) is 37.7 Å². The van der Waals surface area contributed by atoms with Gasteiger partial charge in [-0.3, -0.25) is 0 Å². The van der Waals surface area contributed by atoms with E-state index in [-0.39, 0.29) is 0 Å². The van der Waals surface area contributed by atoms with Gasteiger partial charge in [-0.1, -0.05) is 26.2 Å². The van der Waals surface area contributed by atoms with E-state index in [2.05, 4.69) is 28.9 Å². The van der Waals surface area contributed by atoms with Gasteiger partial charge < -0.3 is 10.2 Å². The minimum atomic E-state index is 0.794. The molecule has 0 radical (unpaired) electrons. The molecule has 1 heterocycles. The third-order valence-corrected chi connectivity index (χ3v) is 5.35. The van der Waals surface area contributed by atoms with E-state index in [4.69, 9.17) is 0 Å². The Morgan fingerprint density at radius 2 is 1.89 bits per heavy atom. The summed E-state index contributed by atoms with van der Waals surface area (Å²) in [7, 11) is 0. The summed E-state index contributed by atoms with van der Waals surface area (Å²) in [6.07, 6.45) is 8.48. The Morgan fingerprint density at radius 3 is 2.67 bits per heavy atom. The van der Waals surface area contributed by atoms with Crippen LogP contribution in [0, 0.1) is 5.92 Å². The van der Waals surface area contributed by atoms with E-state index in [1.165, 1.54) is 76.2 Å². The Morgan fingerprint density at radius 1 is 1.11 bits per heavy atom. The van der Waals surface area contributed by atoms with Gasteiger partial charge in [-0.2, -0.15) is 11.8 Å². The summed E-state index contributed by atoms with van der Waals surface area (Å²) in [6, 6.07) is 0.794. The van der Waals surface area contributed by atoms with Gasteiger partial charge in [0, 0.05) is 37.2 Å². The molecule has 0 amide bonds. The zero-order chi connectivity index (χ0) is 12.6. The standard InChI is InChI=1S/C15H30N2S/c1-2-8-16-15-7-5-3-4-6-14(15)13-17-9-11-18-12-10-17/h14-16H,2-13H2,1H3. The van der Waals surface area contributed by atoms with Gasteiger partial charge in [-0.05, 0) is 31.7 Å². The topological polar surface area (TPSA) is 15.3 Å². The molecule has 0 aromatic carbocycles. The van der Waals surface area contributed by atoms with Gasteiger partial charge >= 0.3 is 0 Å². The lowest BCUT2D eigenvalue weighted by Gasteiger charge is -2.34. The molecule has 106 valence electrons. The van der Waals surface area contributed by atoms with Crippen LogP contribution in [-0.2, 0) is 0 Å². The van der Waals surface area contributed by atoms with Crippen molar-refractivity contribution in [3.05, 3.63) is 0 Å². The molecule has 1 saturated heterocycles. The van der Waals surface area contributed by atoms with Crippen molar-refractivity contribution in [3.63, 3.8) is 0 Å². The number of thioether (sulfide) groups is 1. The number of hydrogen-bond acceptors (Lipinski definition) is 3. The summed E-state index contributed by atoms with van der Waals surface area (Å²) in [6.45, 7) is 7.48. The first kappa shape index (κ1) is 14.7. The van der Waals surface area contributed by atoms with Crippen molar-refractivity contribution in [2.45, 2.75) is 51.5 Å². The Balaban J connectivity index is 1.83.